The van der Waals surface area contributed by atoms with E-state index >= 15 is 0 Å². The lowest BCUT2D eigenvalue weighted by Crippen LogP contribution is -2.13. The van der Waals surface area contributed by atoms with Gasteiger partial charge in [-0.1, -0.05) is 121 Å². The lowest BCUT2D eigenvalue weighted by Gasteiger charge is -2.29. The molecule has 1 heteroatoms. The summed E-state index contributed by atoms with van der Waals surface area (Å²) < 4.78 is 0. The fourth-order valence-electron chi connectivity index (χ4n) is 7.89. The van der Waals surface area contributed by atoms with Gasteiger partial charge in [0.1, 0.15) is 0 Å². The van der Waals surface area contributed by atoms with Crippen LogP contribution in [0.5, 0.6) is 0 Å². The summed E-state index contributed by atoms with van der Waals surface area (Å²) in [5.74, 6) is 0. The Labute approximate surface area is 282 Å². The Hall–Kier alpha value is -5.66. The highest BCUT2D eigenvalue weighted by molar-refractivity contribution is 6.25. The predicted octanol–water partition coefficient (Wildman–Crippen LogP) is 13.1. The number of rotatable bonds is 5. The van der Waals surface area contributed by atoms with Gasteiger partial charge in [-0.3, -0.25) is 0 Å². The largest absolute Gasteiger partial charge is 0.310 e. The Morgan fingerprint density at radius 3 is 1.40 bits per heavy atom. The second-order valence-corrected chi connectivity index (χ2v) is 13.3. The molecule has 9 rings (SSSR count). The van der Waals surface area contributed by atoms with Crippen LogP contribution in [0.4, 0.5) is 17.1 Å². The first-order valence-corrected chi connectivity index (χ1v) is 17.2. The van der Waals surface area contributed by atoms with Gasteiger partial charge in [-0.25, -0.2) is 0 Å². The fraction of sp³-hybridized carbons (Fsp3) is 0.106. The van der Waals surface area contributed by atoms with Crippen molar-refractivity contribution >= 4 is 49.4 Å². The second-order valence-electron chi connectivity index (χ2n) is 13.3. The molecule has 0 saturated heterocycles. The van der Waals surface area contributed by atoms with Crippen LogP contribution in [0.1, 0.15) is 29.5 Å². The quantitative estimate of drug-likeness (QED) is 0.174. The molecule has 0 aliphatic heterocycles. The van der Waals surface area contributed by atoms with Crippen molar-refractivity contribution in [2.75, 3.05) is 4.90 Å². The second kappa shape index (κ2) is 11.9. The Morgan fingerprint density at radius 2 is 0.812 bits per heavy atom. The van der Waals surface area contributed by atoms with E-state index in [0.717, 1.165) is 6.42 Å². The van der Waals surface area contributed by atoms with Gasteiger partial charge in [-0.2, -0.15) is 0 Å². The van der Waals surface area contributed by atoms with Gasteiger partial charge in [-0.05, 0) is 140 Å². The van der Waals surface area contributed by atoms with E-state index in [-0.39, 0.29) is 0 Å². The Morgan fingerprint density at radius 1 is 0.375 bits per heavy atom. The summed E-state index contributed by atoms with van der Waals surface area (Å²) in [6.07, 6.45) is 4.91. The summed E-state index contributed by atoms with van der Waals surface area (Å²) in [5.41, 5.74) is 12.9. The van der Waals surface area contributed by atoms with Crippen LogP contribution >= 0.6 is 0 Å². The summed E-state index contributed by atoms with van der Waals surface area (Å²) in [7, 11) is 0. The molecule has 0 amide bonds. The summed E-state index contributed by atoms with van der Waals surface area (Å²) >= 11 is 0. The van der Waals surface area contributed by atoms with E-state index in [2.05, 4.69) is 170 Å². The van der Waals surface area contributed by atoms with Gasteiger partial charge >= 0.3 is 0 Å². The Kier molecular flexibility index (Phi) is 7.05. The van der Waals surface area contributed by atoms with Crippen LogP contribution in [-0.2, 0) is 12.8 Å². The number of anilines is 3. The zero-order chi connectivity index (χ0) is 32.0. The molecule has 0 fully saturated rings. The number of hydrogen-bond acceptors (Lipinski definition) is 1. The maximum Gasteiger partial charge on any atom is 0.0493 e. The molecule has 8 aromatic rings. The summed E-state index contributed by atoms with van der Waals surface area (Å²) in [4.78, 5) is 2.45. The molecule has 0 spiro atoms. The van der Waals surface area contributed by atoms with Crippen molar-refractivity contribution in [3.8, 4) is 22.3 Å². The van der Waals surface area contributed by atoms with E-state index in [1.165, 1.54) is 108 Å². The molecule has 1 nitrogen and oxygen atoms in total. The lowest BCUT2D eigenvalue weighted by atomic mass is 9.89. The van der Waals surface area contributed by atoms with Gasteiger partial charge in [0, 0.05) is 17.1 Å². The van der Waals surface area contributed by atoms with Crippen LogP contribution < -0.4 is 4.90 Å². The SMILES string of the molecule is Cc1cc2c(cc1N(c1ccc(-c3ccccc3)cc1)c1ccc(-c3ccc4c5ccccc5c5ccccc5c4c3)cc1)CCCC2. The fourth-order valence-corrected chi connectivity index (χ4v) is 7.89. The highest BCUT2D eigenvalue weighted by Crippen LogP contribution is 2.41. The molecule has 0 heterocycles. The average Bonchev–Trinajstić information content (AvgIpc) is 3.16. The smallest absolute Gasteiger partial charge is 0.0493 e. The molecule has 48 heavy (non-hydrogen) atoms. The standard InChI is InChI=1S/C47H37N/c1-32-29-36-13-5-6-14-37(36)31-47(32)48(39-24-19-34(20-25-39)33-11-3-2-4-12-33)40-26-21-35(22-27-40)38-23-28-45-43-17-8-7-15-41(43)42-16-9-10-18-44(42)46(45)30-38/h2-4,7-12,15-31H,5-6,13-14H2,1H3. The molecule has 0 saturated carbocycles. The van der Waals surface area contributed by atoms with Gasteiger partial charge in [-0.15, -0.1) is 0 Å². The van der Waals surface area contributed by atoms with Crippen LogP contribution in [0, 0.1) is 6.92 Å². The maximum absolute atomic E-state index is 2.46. The minimum absolute atomic E-state index is 1.16. The molecule has 0 radical (unpaired) electrons. The average molecular weight is 616 g/mol. The third kappa shape index (κ3) is 4.95. The van der Waals surface area contributed by atoms with Crippen molar-refractivity contribution < 1.29 is 0 Å². The zero-order valence-electron chi connectivity index (χ0n) is 27.3. The van der Waals surface area contributed by atoms with Gasteiger partial charge in [0.25, 0.3) is 0 Å². The number of aryl methyl sites for hydroxylation is 3. The number of nitrogens with zero attached hydrogens (tertiary/aromatic N) is 1. The van der Waals surface area contributed by atoms with Crippen LogP contribution in [0.3, 0.4) is 0 Å². The van der Waals surface area contributed by atoms with Crippen molar-refractivity contribution in [1.82, 2.24) is 0 Å². The lowest BCUT2D eigenvalue weighted by molar-refractivity contribution is 0.685. The Bertz CT molecular complexity index is 2400. The van der Waals surface area contributed by atoms with E-state index in [1.54, 1.807) is 0 Å². The van der Waals surface area contributed by atoms with E-state index in [0.29, 0.717) is 0 Å². The normalized spacial score (nSPS) is 12.8. The maximum atomic E-state index is 2.46. The van der Waals surface area contributed by atoms with Crippen LogP contribution in [-0.4, -0.2) is 0 Å². The molecule has 0 bridgehead atoms. The van der Waals surface area contributed by atoms with E-state index in [4.69, 9.17) is 0 Å². The molecule has 0 N–H and O–H groups in total. The summed E-state index contributed by atoms with van der Waals surface area (Å²) in [6, 6.07) is 58.3. The van der Waals surface area contributed by atoms with Crippen molar-refractivity contribution in [1.29, 1.82) is 0 Å². The summed E-state index contributed by atoms with van der Waals surface area (Å²) in [5, 5.41) is 7.84. The molecule has 8 aromatic carbocycles. The van der Waals surface area contributed by atoms with E-state index < -0.39 is 0 Å². The molecular formula is C47H37N. The van der Waals surface area contributed by atoms with Gasteiger partial charge < -0.3 is 4.90 Å². The van der Waals surface area contributed by atoms with Gasteiger partial charge in [0.15, 0.2) is 0 Å². The number of hydrogen-bond donors (Lipinski definition) is 0. The topological polar surface area (TPSA) is 3.24 Å². The molecule has 0 atom stereocenters. The molecule has 0 aromatic heterocycles. The molecule has 1 aliphatic rings. The first-order chi connectivity index (χ1) is 23.7. The van der Waals surface area contributed by atoms with Crippen LogP contribution in [0.2, 0.25) is 0 Å². The number of benzene rings is 8. The monoisotopic (exact) mass is 615 g/mol. The number of fused-ring (bicyclic) bond motifs is 7. The summed E-state index contributed by atoms with van der Waals surface area (Å²) in [6.45, 7) is 2.27. The van der Waals surface area contributed by atoms with Crippen LogP contribution in [0.25, 0.3) is 54.6 Å². The molecule has 1 aliphatic carbocycles. The third-order valence-electron chi connectivity index (χ3n) is 10.3. The minimum atomic E-state index is 1.16. The van der Waals surface area contributed by atoms with Crippen LogP contribution in [0.15, 0.2) is 158 Å². The van der Waals surface area contributed by atoms with Crippen molar-refractivity contribution in [2.24, 2.45) is 0 Å². The molecule has 0 unspecified atom stereocenters. The van der Waals surface area contributed by atoms with Crippen molar-refractivity contribution in [3.63, 3.8) is 0 Å². The van der Waals surface area contributed by atoms with E-state index in [1.807, 2.05) is 0 Å². The van der Waals surface area contributed by atoms with Crippen molar-refractivity contribution in [2.45, 2.75) is 32.6 Å². The predicted molar refractivity (Wildman–Crippen MR) is 206 cm³/mol. The zero-order valence-corrected chi connectivity index (χ0v) is 27.3. The molecule has 230 valence electrons. The highest BCUT2D eigenvalue weighted by Gasteiger charge is 2.19. The van der Waals surface area contributed by atoms with E-state index in [9.17, 15) is 0 Å². The van der Waals surface area contributed by atoms with Gasteiger partial charge in [0.2, 0.25) is 0 Å². The first kappa shape index (κ1) is 28.6. The van der Waals surface area contributed by atoms with Gasteiger partial charge in [0.05, 0.1) is 0 Å². The molecular weight excluding hydrogens is 579 g/mol. The third-order valence-corrected chi connectivity index (χ3v) is 10.3. The highest BCUT2D eigenvalue weighted by atomic mass is 15.1. The minimum Gasteiger partial charge on any atom is -0.310 e. The Balaban J connectivity index is 1.15. The first-order valence-electron chi connectivity index (χ1n) is 17.2. The van der Waals surface area contributed by atoms with Crippen molar-refractivity contribution in [3.05, 3.63) is 174 Å².